The maximum Gasteiger partial charge on any atom is 0.261 e. The van der Waals surface area contributed by atoms with Gasteiger partial charge in [-0.15, -0.1) is 0 Å². The quantitative estimate of drug-likeness (QED) is 0.364. The number of hydrogen-bond donors (Lipinski definition) is 2. The molecule has 0 aliphatic carbocycles. The molecule has 0 radical (unpaired) electrons. The van der Waals surface area contributed by atoms with Gasteiger partial charge in [0.15, 0.2) is 5.03 Å². The number of sulfonamides is 1. The average Bonchev–Trinajstić information content (AvgIpc) is 3.66. The minimum Gasteiger partial charge on any atom is -0.394 e. The van der Waals surface area contributed by atoms with Gasteiger partial charge in [-0.05, 0) is 69.5 Å². The number of aliphatic hydroxyl groups excluding tert-OH is 1. The van der Waals surface area contributed by atoms with Crippen LogP contribution < -0.4 is 10.2 Å². The first-order valence-electron chi connectivity index (χ1n) is 13.5. The molecule has 2 aliphatic heterocycles. The maximum atomic E-state index is 14.3. The molecule has 2 atom stereocenters. The van der Waals surface area contributed by atoms with Crippen molar-refractivity contribution in [3.63, 3.8) is 0 Å². The van der Waals surface area contributed by atoms with Crippen LogP contribution in [0, 0.1) is 11.3 Å². The summed E-state index contributed by atoms with van der Waals surface area (Å²) in [6.45, 7) is 4.67. The number of halogens is 2. The first-order chi connectivity index (χ1) is 20.2. The lowest BCUT2D eigenvalue weighted by Crippen LogP contribution is -2.54. The number of nitriles is 1. The van der Waals surface area contributed by atoms with Gasteiger partial charge >= 0.3 is 0 Å². The number of aliphatic hydroxyl groups is 1. The van der Waals surface area contributed by atoms with E-state index in [1.54, 1.807) is 45.0 Å². The van der Waals surface area contributed by atoms with Gasteiger partial charge < -0.3 is 10.4 Å². The second-order valence-corrected chi connectivity index (χ2v) is 14.3. The first kappa shape index (κ1) is 33.4. The van der Waals surface area contributed by atoms with Gasteiger partial charge in [0.25, 0.3) is 15.9 Å². The van der Waals surface area contributed by atoms with Crippen molar-refractivity contribution in [1.29, 1.82) is 5.26 Å². The zero-order chi connectivity index (χ0) is 31.3. The van der Waals surface area contributed by atoms with Crippen LogP contribution in [0.3, 0.4) is 0 Å². The van der Waals surface area contributed by atoms with Crippen LogP contribution in [0.2, 0.25) is 10.0 Å². The lowest BCUT2D eigenvalue weighted by Gasteiger charge is -2.30. The zero-order valence-electron chi connectivity index (χ0n) is 23.7. The summed E-state index contributed by atoms with van der Waals surface area (Å²) in [5.74, 6) is -0.928. The predicted octanol–water partition coefficient (Wildman–Crippen LogP) is 4.37. The summed E-state index contributed by atoms with van der Waals surface area (Å²) < 4.78 is 31.2. The number of fused-ring (bicyclic) bond motifs is 1. The Morgan fingerprint density at radius 2 is 1.84 bits per heavy atom. The van der Waals surface area contributed by atoms with E-state index < -0.39 is 39.0 Å². The van der Waals surface area contributed by atoms with E-state index in [0.29, 0.717) is 29.7 Å². The van der Waals surface area contributed by atoms with Gasteiger partial charge in [0.2, 0.25) is 11.9 Å². The van der Waals surface area contributed by atoms with Gasteiger partial charge in [-0.1, -0.05) is 42.8 Å². The lowest BCUT2D eigenvalue weighted by atomic mass is 9.91. The highest BCUT2D eigenvalue weighted by atomic mass is 35.5. The standard InChI is InChI=1S/C29H30Cl2N6O5S.CH4/c1-28(2,17-38)34-25(39)23-5-4-10-35(23)43(41,42)24-16-33-27-36(22-12-20(30)11-21(31)13-22)26(40)29(3,37(24)27)14-18-6-8-19(15-32)9-7-18;/h6-9,11-13,16,23,38H,4-5,10,14,17H2,1-3H3,(H,34,39);1H4/t23-,29+;/m0./s1. The summed E-state index contributed by atoms with van der Waals surface area (Å²) in [4.78, 5) is 33.2. The molecule has 1 saturated heterocycles. The van der Waals surface area contributed by atoms with E-state index in [4.69, 9.17) is 23.2 Å². The lowest BCUT2D eigenvalue weighted by molar-refractivity contribution is -0.126. The van der Waals surface area contributed by atoms with Gasteiger partial charge in [0.05, 0.1) is 35.7 Å². The number of nitrogens with one attached hydrogen (secondary N) is 1. The molecular formula is C30H34Cl2N6O5S. The van der Waals surface area contributed by atoms with Crippen LogP contribution in [0.5, 0.6) is 0 Å². The summed E-state index contributed by atoms with van der Waals surface area (Å²) in [7, 11) is -4.36. The van der Waals surface area contributed by atoms with Crippen LogP contribution in [0.4, 0.5) is 11.6 Å². The van der Waals surface area contributed by atoms with E-state index >= 15 is 0 Å². The minimum atomic E-state index is -4.36. The van der Waals surface area contributed by atoms with E-state index in [9.17, 15) is 28.4 Å². The SMILES string of the molecule is C.CC(C)(CO)NC(=O)[C@@H]1CCCN1S(=O)(=O)c1cnc2n1[C@](C)(Cc1ccc(C#N)cc1)C(=O)N2c1cc(Cl)cc(Cl)c1. The van der Waals surface area contributed by atoms with Gasteiger partial charge in [0, 0.05) is 23.0 Å². The molecule has 3 aromatic rings. The van der Waals surface area contributed by atoms with Gasteiger partial charge in [-0.2, -0.15) is 9.57 Å². The highest BCUT2D eigenvalue weighted by molar-refractivity contribution is 7.89. The molecule has 2 aliphatic rings. The summed E-state index contributed by atoms with van der Waals surface area (Å²) in [5, 5.41) is 21.9. The molecule has 1 aromatic heterocycles. The van der Waals surface area contributed by atoms with E-state index in [0.717, 1.165) is 4.31 Å². The van der Waals surface area contributed by atoms with E-state index in [-0.39, 0.29) is 48.0 Å². The number of aromatic nitrogens is 2. The van der Waals surface area contributed by atoms with Crippen molar-refractivity contribution in [3.05, 3.63) is 69.8 Å². The van der Waals surface area contributed by atoms with Crippen molar-refractivity contribution in [2.75, 3.05) is 18.1 Å². The Labute approximate surface area is 267 Å². The average molecular weight is 662 g/mol. The Balaban J connectivity index is 0.00000442. The fourth-order valence-electron chi connectivity index (χ4n) is 5.57. The summed E-state index contributed by atoms with van der Waals surface area (Å²) >= 11 is 12.5. The maximum absolute atomic E-state index is 14.3. The molecule has 0 saturated carbocycles. The van der Waals surface area contributed by atoms with Gasteiger partial charge in [0.1, 0.15) is 11.6 Å². The van der Waals surface area contributed by atoms with E-state index in [2.05, 4.69) is 16.4 Å². The van der Waals surface area contributed by atoms with Crippen LogP contribution in [0.15, 0.2) is 53.7 Å². The largest absolute Gasteiger partial charge is 0.394 e. The molecule has 2 N–H and O–H groups in total. The van der Waals surface area contributed by atoms with Crippen LogP contribution in [-0.2, 0) is 31.6 Å². The minimum absolute atomic E-state index is 0. The molecule has 44 heavy (non-hydrogen) atoms. The summed E-state index contributed by atoms with van der Waals surface area (Å²) in [5.41, 5.74) is -0.984. The number of rotatable bonds is 8. The highest BCUT2D eigenvalue weighted by Gasteiger charge is 2.53. The molecule has 2 aromatic carbocycles. The van der Waals surface area contributed by atoms with E-state index in [1.165, 1.54) is 33.9 Å². The third kappa shape index (κ3) is 5.82. The number of imidazole rings is 1. The second-order valence-electron chi connectivity index (χ2n) is 11.6. The molecule has 11 nitrogen and oxygen atoms in total. The summed E-state index contributed by atoms with van der Waals surface area (Å²) in [6, 6.07) is 12.3. The van der Waals surface area contributed by atoms with Crippen LogP contribution in [0.25, 0.3) is 0 Å². The van der Waals surface area contributed by atoms with Crippen molar-refractivity contribution in [3.8, 4) is 6.07 Å². The number of nitrogens with zero attached hydrogens (tertiary/aromatic N) is 5. The highest BCUT2D eigenvalue weighted by Crippen LogP contribution is 2.45. The fourth-order valence-corrected chi connectivity index (χ4v) is 7.93. The molecule has 0 unspecified atom stereocenters. The molecule has 3 heterocycles. The molecular weight excluding hydrogens is 627 g/mol. The van der Waals surface area contributed by atoms with Crippen molar-refractivity contribution < 1.29 is 23.1 Å². The number of anilines is 2. The number of benzene rings is 2. The number of hydrogen-bond acceptors (Lipinski definition) is 7. The topological polar surface area (TPSA) is 149 Å². The molecule has 5 rings (SSSR count). The Bertz CT molecular complexity index is 1730. The molecule has 0 bridgehead atoms. The van der Waals surface area contributed by atoms with Crippen molar-refractivity contribution in [2.24, 2.45) is 0 Å². The fraction of sp³-hybridized carbons (Fsp3) is 0.400. The number of amides is 2. The van der Waals surface area contributed by atoms with Crippen LogP contribution >= 0.6 is 23.2 Å². The Hall–Kier alpha value is -3.47. The smallest absolute Gasteiger partial charge is 0.261 e. The number of carbonyl (C=O) groups excluding carboxylic acids is 2. The van der Waals surface area contributed by atoms with Crippen molar-refractivity contribution in [2.45, 2.75) is 69.6 Å². The zero-order valence-corrected chi connectivity index (χ0v) is 26.0. The normalized spacial score (nSPS) is 20.2. The second kappa shape index (κ2) is 12.1. The van der Waals surface area contributed by atoms with Crippen molar-refractivity contribution in [1.82, 2.24) is 19.2 Å². The monoisotopic (exact) mass is 660 g/mol. The van der Waals surface area contributed by atoms with Crippen LogP contribution in [-0.4, -0.2) is 63.9 Å². The predicted molar refractivity (Wildman–Crippen MR) is 167 cm³/mol. The summed E-state index contributed by atoms with van der Waals surface area (Å²) in [6.07, 6.45) is 2.01. The van der Waals surface area contributed by atoms with E-state index in [1.807, 2.05) is 0 Å². The Morgan fingerprint density at radius 3 is 2.43 bits per heavy atom. The third-order valence-corrected chi connectivity index (χ3v) is 10.0. The molecule has 2 amide bonds. The van der Waals surface area contributed by atoms with Crippen molar-refractivity contribution >= 4 is 56.7 Å². The Kier molecular flexibility index (Phi) is 9.22. The van der Waals surface area contributed by atoms with Crippen LogP contribution in [0.1, 0.15) is 52.2 Å². The first-order valence-corrected chi connectivity index (χ1v) is 15.7. The van der Waals surface area contributed by atoms with Gasteiger partial charge in [-0.25, -0.2) is 18.3 Å². The molecule has 14 heteroatoms. The Morgan fingerprint density at radius 1 is 1.20 bits per heavy atom. The third-order valence-electron chi connectivity index (χ3n) is 7.74. The van der Waals surface area contributed by atoms with Gasteiger partial charge in [-0.3, -0.25) is 14.2 Å². The molecule has 234 valence electrons. The molecule has 0 spiro atoms. The number of carbonyl (C=O) groups is 2. The molecule has 1 fully saturated rings.